The molecule has 0 aliphatic heterocycles. The van der Waals surface area contributed by atoms with Gasteiger partial charge in [-0.2, -0.15) is 5.26 Å². The van der Waals surface area contributed by atoms with Crippen molar-refractivity contribution in [2.75, 3.05) is 5.73 Å². The molecular formula is C16H17N3O. The highest BCUT2D eigenvalue weighted by Gasteiger charge is 2.14. The summed E-state index contributed by atoms with van der Waals surface area (Å²) in [5.41, 5.74) is 8.74. The molecule has 0 saturated heterocycles. The van der Waals surface area contributed by atoms with Crippen molar-refractivity contribution in [2.45, 2.75) is 26.8 Å². The van der Waals surface area contributed by atoms with Gasteiger partial charge >= 0.3 is 0 Å². The van der Waals surface area contributed by atoms with Gasteiger partial charge in [-0.3, -0.25) is 9.36 Å². The standard InChI is InChI=1S/C16H17N3O/c1-3-8-19-15(20)9-13(14(10-17)16(19)18)12-6-4-11(2)5-7-12/h4-7,9H,3,8,18H2,1-2H3. The zero-order valence-electron chi connectivity index (χ0n) is 11.7. The van der Waals surface area contributed by atoms with Crippen LogP contribution < -0.4 is 11.3 Å². The fourth-order valence-electron chi connectivity index (χ4n) is 2.20. The van der Waals surface area contributed by atoms with Crippen molar-refractivity contribution in [3.63, 3.8) is 0 Å². The van der Waals surface area contributed by atoms with Crippen LogP contribution in [0.5, 0.6) is 0 Å². The number of nitrogens with two attached hydrogens (primary N) is 1. The number of pyridine rings is 1. The van der Waals surface area contributed by atoms with Gasteiger partial charge in [0.25, 0.3) is 5.56 Å². The minimum absolute atomic E-state index is 0.168. The maximum Gasteiger partial charge on any atom is 0.252 e. The first-order chi connectivity index (χ1) is 9.58. The van der Waals surface area contributed by atoms with E-state index in [9.17, 15) is 10.1 Å². The van der Waals surface area contributed by atoms with Crippen LogP contribution in [-0.2, 0) is 6.54 Å². The molecule has 0 bridgehead atoms. The highest BCUT2D eigenvalue weighted by molar-refractivity contribution is 5.75. The molecule has 1 heterocycles. The lowest BCUT2D eigenvalue weighted by Gasteiger charge is -2.13. The van der Waals surface area contributed by atoms with Gasteiger partial charge in [-0.05, 0) is 18.9 Å². The molecule has 2 rings (SSSR count). The Labute approximate surface area is 118 Å². The summed E-state index contributed by atoms with van der Waals surface area (Å²) in [4.78, 5) is 12.1. The van der Waals surface area contributed by atoms with Gasteiger partial charge in [-0.25, -0.2) is 0 Å². The lowest BCUT2D eigenvalue weighted by atomic mass is 10.0. The number of anilines is 1. The minimum atomic E-state index is -0.168. The lowest BCUT2D eigenvalue weighted by Crippen LogP contribution is -2.23. The van der Waals surface area contributed by atoms with E-state index in [4.69, 9.17) is 5.73 Å². The van der Waals surface area contributed by atoms with Crippen molar-refractivity contribution >= 4 is 5.82 Å². The Morgan fingerprint density at radius 2 is 1.95 bits per heavy atom. The van der Waals surface area contributed by atoms with Crippen LogP contribution in [0, 0.1) is 18.3 Å². The largest absolute Gasteiger partial charge is 0.384 e. The molecule has 0 unspecified atom stereocenters. The number of nitriles is 1. The van der Waals surface area contributed by atoms with E-state index < -0.39 is 0 Å². The molecule has 20 heavy (non-hydrogen) atoms. The molecule has 1 aromatic heterocycles. The number of rotatable bonds is 3. The van der Waals surface area contributed by atoms with Crippen LogP contribution in [0.1, 0.15) is 24.5 Å². The topological polar surface area (TPSA) is 71.8 Å². The Morgan fingerprint density at radius 3 is 2.50 bits per heavy atom. The van der Waals surface area contributed by atoms with E-state index in [0.717, 1.165) is 17.5 Å². The molecule has 0 radical (unpaired) electrons. The van der Waals surface area contributed by atoms with Crippen LogP contribution in [0.15, 0.2) is 35.1 Å². The SMILES string of the molecule is CCCn1c(N)c(C#N)c(-c2ccc(C)cc2)cc1=O. The normalized spacial score (nSPS) is 10.2. The number of hydrogen-bond donors (Lipinski definition) is 1. The zero-order valence-corrected chi connectivity index (χ0v) is 11.7. The second-order valence-electron chi connectivity index (χ2n) is 4.79. The van der Waals surface area contributed by atoms with Crippen molar-refractivity contribution < 1.29 is 0 Å². The van der Waals surface area contributed by atoms with Gasteiger partial charge in [0.2, 0.25) is 0 Å². The summed E-state index contributed by atoms with van der Waals surface area (Å²) in [7, 11) is 0. The number of benzene rings is 1. The molecule has 0 fully saturated rings. The number of hydrogen-bond acceptors (Lipinski definition) is 3. The van der Waals surface area contributed by atoms with E-state index in [1.807, 2.05) is 38.1 Å². The van der Waals surface area contributed by atoms with Crippen LogP contribution in [0.4, 0.5) is 5.82 Å². The maximum absolute atomic E-state index is 12.1. The second kappa shape index (κ2) is 5.62. The Balaban J connectivity index is 2.69. The molecular weight excluding hydrogens is 250 g/mol. The smallest absolute Gasteiger partial charge is 0.252 e. The molecule has 4 nitrogen and oxygen atoms in total. The van der Waals surface area contributed by atoms with E-state index in [1.165, 1.54) is 10.6 Å². The summed E-state index contributed by atoms with van der Waals surface area (Å²) in [6.45, 7) is 4.47. The van der Waals surface area contributed by atoms with Crippen LogP contribution in [0.2, 0.25) is 0 Å². The summed E-state index contributed by atoms with van der Waals surface area (Å²) in [5.74, 6) is 0.248. The average molecular weight is 267 g/mol. The molecule has 0 amide bonds. The third-order valence-electron chi connectivity index (χ3n) is 3.27. The van der Waals surface area contributed by atoms with E-state index in [-0.39, 0.29) is 11.4 Å². The summed E-state index contributed by atoms with van der Waals surface area (Å²) in [6, 6.07) is 11.3. The molecule has 0 spiro atoms. The van der Waals surface area contributed by atoms with E-state index >= 15 is 0 Å². The quantitative estimate of drug-likeness (QED) is 0.929. The molecule has 0 saturated carbocycles. The van der Waals surface area contributed by atoms with Crippen molar-refractivity contribution in [1.29, 1.82) is 5.26 Å². The first-order valence-corrected chi connectivity index (χ1v) is 6.59. The Kier molecular flexibility index (Phi) is 3.90. The van der Waals surface area contributed by atoms with Gasteiger partial charge in [0.1, 0.15) is 17.5 Å². The summed E-state index contributed by atoms with van der Waals surface area (Å²) in [5, 5.41) is 9.35. The third-order valence-corrected chi connectivity index (χ3v) is 3.27. The monoisotopic (exact) mass is 267 g/mol. The molecule has 1 aromatic carbocycles. The van der Waals surface area contributed by atoms with Crippen LogP contribution >= 0.6 is 0 Å². The van der Waals surface area contributed by atoms with E-state index in [0.29, 0.717) is 17.7 Å². The highest BCUT2D eigenvalue weighted by atomic mass is 16.1. The molecule has 2 N–H and O–H groups in total. The average Bonchev–Trinajstić information content (AvgIpc) is 2.44. The Hall–Kier alpha value is -2.54. The fourth-order valence-corrected chi connectivity index (χ4v) is 2.20. The molecule has 4 heteroatoms. The first kappa shape index (κ1) is 13.9. The number of nitrogens with zero attached hydrogens (tertiary/aromatic N) is 2. The molecule has 0 aliphatic carbocycles. The molecule has 102 valence electrons. The predicted molar refractivity (Wildman–Crippen MR) is 80.3 cm³/mol. The van der Waals surface area contributed by atoms with Crippen molar-refractivity contribution in [2.24, 2.45) is 0 Å². The van der Waals surface area contributed by atoms with E-state index in [2.05, 4.69) is 6.07 Å². The molecule has 0 aliphatic rings. The van der Waals surface area contributed by atoms with Crippen LogP contribution in [-0.4, -0.2) is 4.57 Å². The fraction of sp³-hybridized carbons (Fsp3) is 0.250. The zero-order chi connectivity index (χ0) is 14.7. The third kappa shape index (κ3) is 2.43. The van der Waals surface area contributed by atoms with Gasteiger partial charge in [-0.15, -0.1) is 0 Å². The summed E-state index contributed by atoms with van der Waals surface area (Å²) < 4.78 is 1.45. The Morgan fingerprint density at radius 1 is 1.30 bits per heavy atom. The van der Waals surface area contributed by atoms with Crippen LogP contribution in [0.3, 0.4) is 0 Å². The first-order valence-electron chi connectivity index (χ1n) is 6.59. The number of aromatic nitrogens is 1. The predicted octanol–water partition coefficient (Wildman–Crippen LogP) is 2.69. The lowest BCUT2D eigenvalue weighted by molar-refractivity contribution is 0.663. The van der Waals surface area contributed by atoms with Gasteiger partial charge in [0.05, 0.1) is 0 Å². The number of aryl methyl sites for hydroxylation is 1. The Bertz CT molecular complexity index is 721. The molecule has 0 atom stereocenters. The van der Waals surface area contributed by atoms with Crippen molar-refractivity contribution in [3.8, 4) is 17.2 Å². The number of nitrogen functional groups attached to an aromatic ring is 1. The van der Waals surface area contributed by atoms with Gasteiger partial charge in [-0.1, -0.05) is 36.8 Å². The summed E-state index contributed by atoms with van der Waals surface area (Å²) >= 11 is 0. The van der Waals surface area contributed by atoms with Gasteiger partial charge in [0.15, 0.2) is 0 Å². The second-order valence-corrected chi connectivity index (χ2v) is 4.79. The summed E-state index contributed by atoms with van der Waals surface area (Å²) in [6.07, 6.45) is 0.791. The highest BCUT2D eigenvalue weighted by Crippen LogP contribution is 2.26. The minimum Gasteiger partial charge on any atom is -0.384 e. The van der Waals surface area contributed by atoms with Crippen LogP contribution in [0.25, 0.3) is 11.1 Å². The van der Waals surface area contributed by atoms with Gasteiger partial charge < -0.3 is 5.73 Å². The van der Waals surface area contributed by atoms with Crippen molar-refractivity contribution in [3.05, 3.63) is 51.8 Å². The van der Waals surface area contributed by atoms with E-state index in [1.54, 1.807) is 0 Å². The van der Waals surface area contributed by atoms with Gasteiger partial charge in [0, 0.05) is 18.2 Å². The maximum atomic E-state index is 12.1. The van der Waals surface area contributed by atoms with Crippen molar-refractivity contribution in [1.82, 2.24) is 4.57 Å². The molecule has 2 aromatic rings.